The standard InChI is InChI=1S/C13H19BrN2O3/c1-18-9-13(3-5-15-6-4-13)8-16-12(17)11-10(14)2-7-19-11/h2,7,15H,3-6,8-9H2,1H3,(H,16,17). The van der Waals surface area contributed by atoms with Crippen molar-refractivity contribution in [2.24, 2.45) is 5.41 Å². The number of ether oxygens (including phenoxy) is 1. The number of amides is 1. The Labute approximate surface area is 121 Å². The van der Waals surface area contributed by atoms with Gasteiger partial charge in [-0.3, -0.25) is 4.79 Å². The van der Waals surface area contributed by atoms with Gasteiger partial charge in [0.05, 0.1) is 17.3 Å². The molecule has 0 aliphatic carbocycles. The third-order valence-corrected chi connectivity index (χ3v) is 4.19. The molecule has 6 heteroatoms. The van der Waals surface area contributed by atoms with E-state index in [1.807, 2.05) is 0 Å². The van der Waals surface area contributed by atoms with Crippen LogP contribution in [0.5, 0.6) is 0 Å². The van der Waals surface area contributed by atoms with Crippen LogP contribution in [0.1, 0.15) is 23.4 Å². The van der Waals surface area contributed by atoms with E-state index in [1.165, 1.54) is 6.26 Å². The quantitative estimate of drug-likeness (QED) is 0.863. The fourth-order valence-corrected chi connectivity index (χ4v) is 2.82. The van der Waals surface area contributed by atoms with E-state index >= 15 is 0 Å². The second-order valence-corrected chi connectivity index (χ2v) is 5.82. The average Bonchev–Trinajstić information content (AvgIpc) is 2.84. The summed E-state index contributed by atoms with van der Waals surface area (Å²) < 4.78 is 11.2. The van der Waals surface area contributed by atoms with Crippen LogP contribution in [0.15, 0.2) is 21.2 Å². The van der Waals surface area contributed by atoms with Crippen LogP contribution in [0.4, 0.5) is 0 Å². The topological polar surface area (TPSA) is 63.5 Å². The Morgan fingerprint density at radius 1 is 1.58 bits per heavy atom. The monoisotopic (exact) mass is 330 g/mol. The van der Waals surface area contributed by atoms with Crippen LogP contribution in [-0.2, 0) is 4.74 Å². The molecule has 1 amide bonds. The van der Waals surface area contributed by atoms with Gasteiger partial charge in [0.25, 0.3) is 5.91 Å². The predicted octanol–water partition coefficient (Wildman–Crippen LogP) is 1.79. The van der Waals surface area contributed by atoms with E-state index in [9.17, 15) is 4.79 Å². The Bertz CT molecular complexity index is 422. The molecule has 1 aliphatic heterocycles. The molecule has 0 bridgehead atoms. The van der Waals surface area contributed by atoms with E-state index in [0.29, 0.717) is 23.4 Å². The van der Waals surface area contributed by atoms with Crippen LogP contribution in [0.25, 0.3) is 0 Å². The minimum atomic E-state index is -0.189. The van der Waals surface area contributed by atoms with E-state index < -0.39 is 0 Å². The minimum absolute atomic E-state index is 0.0225. The van der Waals surface area contributed by atoms with Gasteiger partial charge in [-0.25, -0.2) is 0 Å². The first-order valence-corrected chi connectivity index (χ1v) is 7.17. The summed E-state index contributed by atoms with van der Waals surface area (Å²) in [6.45, 7) is 3.19. The first-order chi connectivity index (χ1) is 9.17. The number of carbonyl (C=O) groups excluding carboxylic acids is 1. The van der Waals surface area contributed by atoms with Crippen LogP contribution in [0.3, 0.4) is 0 Å². The number of piperidine rings is 1. The molecule has 2 heterocycles. The lowest BCUT2D eigenvalue weighted by Gasteiger charge is -2.37. The Balaban J connectivity index is 1.95. The SMILES string of the molecule is COCC1(CNC(=O)c2occc2Br)CCNCC1. The van der Waals surface area contributed by atoms with Gasteiger partial charge in [-0.1, -0.05) is 0 Å². The third-order valence-electron chi connectivity index (χ3n) is 3.56. The number of nitrogens with one attached hydrogen (secondary N) is 2. The summed E-state index contributed by atoms with van der Waals surface area (Å²) in [5.74, 6) is 0.132. The molecule has 0 saturated carbocycles. The summed E-state index contributed by atoms with van der Waals surface area (Å²) in [5.41, 5.74) is 0.0225. The molecular formula is C13H19BrN2O3. The highest BCUT2D eigenvalue weighted by Crippen LogP contribution is 2.28. The maximum absolute atomic E-state index is 12.0. The van der Waals surface area contributed by atoms with Crippen molar-refractivity contribution in [1.29, 1.82) is 0 Å². The number of hydrogen-bond donors (Lipinski definition) is 2. The van der Waals surface area contributed by atoms with E-state index in [-0.39, 0.29) is 11.3 Å². The van der Waals surface area contributed by atoms with Gasteiger partial charge in [-0.05, 0) is 47.9 Å². The average molecular weight is 331 g/mol. The van der Waals surface area contributed by atoms with Gasteiger partial charge in [0, 0.05) is 19.1 Å². The second kappa shape index (κ2) is 6.54. The number of furan rings is 1. The van der Waals surface area contributed by atoms with Gasteiger partial charge in [-0.2, -0.15) is 0 Å². The largest absolute Gasteiger partial charge is 0.458 e. The van der Waals surface area contributed by atoms with Crippen molar-refractivity contribution in [2.75, 3.05) is 33.4 Å². The molecule has 0 spiro atoms. The van der Waals surface area contributed by atoms with Crippen molar-refractivity contribution in [1.82, 2.24) is 10.6 Å². The highest BCUT2D eigenvalue weighted by atomic mass is 79.9. The van der Waals surface area contributed by atoms with E-state index in [4.69, 9.17) is 9.15 Å². The number of halogens is 1. The van der Waals surface area contributed by atoms with Crippen LogP contribution in [-0.4, -0.2) is 39.3 Å². The maximum atomic E-state index is 12.0. The van der Waals surface area contributed by atoms with Gasteiger partial charge < -0.3 is 19.8 Å². The highest BCUT2D eigenvalue weighted by Gasteiger charge is 2.33. The van der Waals surface area contributed by atoms with Crippen molar-refractivity contribution in [3.63, 3.8) is 0 Å². The molecular weight excluding hydrogens is 312 g/mol. The Kier molecular flexibility index (Phi) is 5.01. The summed E-state index contributed by atoms with van der Waals surface area (Å²) in [6.07, 6.45) is 3.50. The van der Waals surface area contributed by atoms with Gasteiger partial charge in [-0.15, -0.1) is 0 Å². The molecule has 0 aromatic carbocycles. The maximum Gasteiger partial charge on any atom is 0.288 e. The van der Waals surface area contributed by atoms with Crippen LogP contribution < -0.4 is 10.6 Å². The predicted molar refractivity (Wildman–Crippen MR) is 75.2 cm³/mol. The molecule has 5 nitrogen and oxygen atoms in total. The van der Waals surface area contributed by atoms with Crippen molar-refractivity contribution < 1.29 is 13.9 Å². The van der Waals surface area contributed by atoms with Crippen molar-refractivity contribution in [3.8, 4) is 0 Å². The molecule has 0 atom stereocenters. The molecule has 1 aromatic heterocycles. The third kappa shape index (κ3) is 3.58. The lowest BCUT2D eigenvalue weighted by atomic mass is 9.79. The molecule has 106 valence electrons. The number of rotatable bonds is 5. The second-order valence-electron chi connectivity index (χ2n) is 4.96. The lowest BCUT2D eigenvalue weighted by Crippen LogP contribution is -2.47. The summed E-state index contributed by atoms with van der Waals surface area (Å²) in [6, 6.07) is 1.71. The summed E-state index contributed by atoms with van der Waals surface area (Å²) in [7, 11) is 1.70. The zero-order valence-corrected chi connectivity index (χ0v) is 12.6. The first kappa shape index (κ1) is 14.6. The minimum Gasteiger partial charge on any atom is -0.458 e. The highest BCUT2D eigenvalue weighted by molar-refractivity contribution is 9.10. The van der Waals surface area contributed by atoms with Gasteiger partial charge in [0.1, 0.15) is 0 Å². The number of carbonyl (C=O) groups is 1. The Hall–Kier alpha value is -0.850. The number of methoxy groups -OCH3 is 1. The van der Waals surface area contributed by atoms with Gasteiger partial charge in [0.2, 0.25) is 5.76 Å². The summed E-state index contributed by atoms with van der Waals surface area (Å²) in [4.78, 5) is 12.0. The van der Waals surface area contributed by atoms with E-state index in [2.05, 4.69) is 26.6 Å². The smallest absolute Gasteiger partial charge is 0.288 e. The molecule has 2 rings (SSSR count). The molecule has 1 saturated heterocycles. The summed E-state index contributed by atoms with van der Waals surface area (Å²) >= 11 is 3.29. The van der Waals surface area contributed by atoms with Crippen LogP contribution >= 0.6 is 15.9 Å². The van der Waals surface area contributed by atoms with Crippen molar-refractivity contribution >= 4 is 21.8 Å². The molecule has 1 aromatic rings. The van der Waals surface area contributed by atoms with Crippen molar-refractivity contribution in [2.45, 2.75) is 12.8 Å². The van der Waals surface area contributed by atoms with Crippen LogP contribution in [0, 0.1) is 5.41 Å². The fraction of sp³-hybridized carbons (Fsp3) is 0.615. The normalized spacial score (nSPS) is 18.2. The van der Waals surface area contributed by atoms with E-state index in [1.54, 1.807) is 13.2 Å². The number of hydrogen-bond acceptors (Lipinski definition) is 4. The van der Waals surface area contributed by atoms with Gasteiger partial charge in [0.15, 0.2) is 0 Å². The van der Waals surface area contributed by atoms with Crippen molar-refractivity contribution in [3.05, 3.63) is 22.6 Å². The molecule has 0 radical (unpaired) electrons. The Morgan fingerprint density at radius 2 is 2.32 bits per heavy atom. The summed E-state index contributed by atoms with van der Waals surface area (Å²) in [5, 5.41) is 6.28. The van der Waals surface area contributed by atoms with E-state index in [0.717, 1.165) is 25.9 Å². The lowest BCUT2D eigenvalue weighted by molar-refractivity contribution is 0.0506. The molecule has 1 aliphatic rings. The molecule has 19 heavy (non-hydrogen) atoms. The molecule has 1 fully saturated rings. The molecule has 0 unspecified atom stereocenters. The molecule has 2 N–H and O–H groups in total. The fourth-order valence-electron chi connectivity index (χ4n) is 2.44. The van der Waals surface area contributed by atoms with Gasteiger partial charge >= 0.3 is 0 Å². The zero-order valence-electron chi connectivity index (χ0n) is 11.0. The van der Waals surface area contributed by atoms with Crippen LogP contribution in [0.2, 0.25) is 0 Å². The zero-order chi connectivity index (χ0) is 13.7. The Morgan fingerprint density at radius 3 is 2.89 bits per heavy atom. The first-order valence-electron chi connectivity index (χ1n) is 6.38.